The van der Waals surface area contributed by atoms with Crippen molar-refractivity contribution in [3.63, 3.8) is 0 Å². The Balaban J connectivity index is 1.53. The molecule has 0 amide bonds. The molecule has 6 nitrogen and oxygen atoms in total. The van der Waals surface area contributed by atoms with E-state index in [0.29, 0.717) is 17.3 Å². The summed E-state index contributed by atoms with van der Waals surface area (Å²) in [6.45, 7) is 4.80. The van der Waals surface area contributed by atoms with Crippen molar-refractivity contribution in [3.05, 3.63) is 47.1 Å². The van der Waals surface area contributed by atoms with Gasteiger partial charge in [-0.25, -0.2) is 4.79 Å². The minimum atomic E-state index is -0.268. The minimum Gasteiger partial charge on any atom is -0.465 e. The number of hydrogen-bond donors (Lipinski definition) is 0. The molecule has 128 valence electrons. The van der Waals surface area contributed by atoms with Gasteiger partial charge in [-0.05, 0) is 50.9 Å². The molecule has 1 aromatic heterocycles. The van der Waals surface area contributed by atoms with Crippen LogP contribution in [0.5, 0.6) is 0 Å². The molecule has 0 unspecified atom stereocenters. The second-order valence-electron chi connectivity index (χ2n) is 6.19. The Morgan fingerprint density at radius 1 is 1.33 bits per heavy atom. The SMILES string of the molecule is COC(=O)c1ccccc1CCN1CCC(c2nc(C)no2)CC1. The number of rotatable bonds is 5. The molecule has 0 atom stereocenters. The maximum Gasteiger partial charge on any atom is 0.338 e. The van der Waals surface area contributed by atoms with Crippen molar-refractivity contribution in [2.24, 2.45) is 0 Å². The Morgan fingerprint density at radius 2 is 2.08 bits per heavy atom. The van der Waals surface area contributed by atoms with Crippen LogP contribution in [0.1, 0.15) is 46.4 Å². The molecule has 3 rings (SSSR count). The highest BCUT2D eigenvalue weighted by atomic mass is 16.5. The van der Waals surface area contributed by atoms with Gasteiger partial charge in [-0.3, -0.25) is 0 Å². The topological polar surface area (TPSA) is 68.5 Å². The summed E-state index contributed by atoms with van der Waals surface area (Å²) in [7, 11) is 1.42. The van der Waals surface area contributed by atoms with E-state index in [9.17, 15) is 4.79 Å². The van der Waals surface area contributed by atoms with Gasteiger partial charge in [0, 0.05) is 12.5 Å². The molecule has 24 heavy (non-hydrogen) atoms. The number of esters is 1. The number of benzene rings is 1. The van der Waals surface area contributed by atoms with Crippen LogP contribution in [-0.4, -0.2) is 47.8 Å². The van der Waals surface area contributed by atoms with Crippen LogP contribution >= 0.6 is 0 Å². The summed E-state index contributed by atoms with van der Waals surface area (Å²) >= 11 is 0. The summed E-state index contributed by atoms with van der Waals surface area (Å²) in [6.07, 6.45) is 2.90. The highest BCUT2D eigenvalue weighted by molar-refractivity contribution is 5.90. The van der Waals surface area contributed by atoms with Crippen molar-refractivity contribution in [1.82, 2.24) is 15.0 Å². The lowest BCUT2D eigenvalue weighted by Gasteiger charge is -2.30. The van der Waals surface area contributed by atoms with Crippen LogP contribution in [0, 0.1) is 6.92 Å². The Hall–Kier alpha value is -2.21. The summed E-state index contributed by atoms with van der Waals surface area (Å²) in [6, 6.07) is 7.66. The number of aromatic nitrogens is 2. The maximum atomic E-state index is 11.8. The number of methoxy groups -OCH3 is 1. The standard InChI is InChI=1S/C18H23N3O3/c1-13-19-17(24-20-13)15-8-11-21(12-9-15)10-7-14-5-3-4-6-16(14)18(22)23-2/h3-6,15H,7-12H2,1-2H3. The summed E-state index contributed by atoms with van der Waals surface area (Å²) < 4.78 is 10.1. The fourth-order valence-electron chi connectivity index (χ4n) is 3.21. The number of carbonyl (C=O) groups is 1. The Labute approximate surface area is 141 Å². The molecule has 1 aromatic carbocycles. The van der Waals surface area contributed by atoms with Gasteiger partial charge in [0.15, 0.2) is 5.82 Å². The number of hydrogen-bond acceptors (Lipinski definition) is 6. The number of aryl methyl sites for hydroxylation is 1. The minimum absolute atomic E-state index is 0.268. The molecule has 1 aliphatic rings. The number of nitrogens with zero attached hydrogens (tertiary/aromatic N) is 3. The Kier molecular flexibility index (Phi) is 5.25. The zero-order valence-corrected chi connectivity index (χ0v) is 14.2. The molecule has 0 N–H and O–H groups in total. The Morgan fingerprint density at radius 3 is 2.75 bits per heavy atom. The average molecular weight is 329 g/mol. The van der Waals surface area contributed by atoms with Crippen LogP contribution in [-0.2, 0) is 11.2 Å². The van der Waals surface area contributed by atoms with Crippen LogP contribution in [0.15, 0.2) is 28.8 Å². The lowest BCUT2D eigenvalue weighted by molar-refractivity contribution is 0.0599. The molecular weight excluding hydrogens is 306 g/mol. The molecule has 0 bridgehead atoms. The third-order valence-corrected chi connectivity index (χ3v) is 4.60. The van der Waals surface area contributed by atoms with Crippen LogP contribution in [0.25, 0.3) is 0 Å². The van der Waals surface area contributed by atoms with Crippen molar-refractivity contribution in [2.75, 3.05) is 26.7 Å². The highest BCUT2D eigenvalue weighted by Crippen LogP contribution is 2.26. The monoisotopic (exact) mass is 329 g/mol. The van der Waals surface area contributed by atoms with Crippen molar-refractivity contribution < 1.29 is 14.1 Å². The van der Waals surface area contributed by atoms with Crippen molar-refractivity contribution >= 4 is 5.97 Å². The zero-order valence-electron chi connectivity index (χ0n) is 14.2. The fourth-order valence-corrected chi connectivity index (χ4v) is 3.21. The Bertz CT molecular complexity index is 690. The molecule has 0 spiro atoms. The first-order valence-corrected chi connectivity index (χ1v) is 8.36. The molecule has 1 fully saturated rings. The smallest absolute Gasteiger partial charge is 0.338 e. The summed E-state index contributed by atoms with van der Waals surface area (Å²) in [4.78, 5) is 18.6. The number of ether oxygens (including phenoxy) is 1. The van der Waals surface area contributed by atoms with E-state index in [4.69, 9.17) is 9.26 Å². The van der Waals surface area contributed by atoms with Crippen LogP contribution in [0.2, 0.25) is 0 Å². The lowest BCUT2D eigenvalue weighted by atomic mass is 9.96. The number of likely N-dealkylation sites (tertiary alicyclic amines) is 1. The lowest BCUT2D eigenvalue weighted by Crippen LogP contribution is -2.34. The van der Waals surface area contributed by atoms with E-state index >= 15 is 0 Å². The molecule has 2 aromatic rings. The highest BCUT2D eigenvalue weighted by Gasteiger charge is 2.24. The molecule has 0 saturated carbocycles. The summed E-state index contributed by atoms with van der Waals surface area (Å²) in [5, 5.41) is 3.88. The van der Waals surface area contributed by atoms with Gasteiger partial charge < -0.3 is 14.2 Å². The molecule has 0 aliphatic carbocycles. The molecule has 0 radical (unpaired) electrons. The van der Waals surface area contributed by atoms with E-state index in [0.717, 1.165) is 50.4 Å². The van der Waals surface area contributed by atoms with E-state index in [-0.39, 0.29) is 5.97 Å². The summed E-state index contributed by atoms with van der Waals surface area (Å²) in [5.41, 5.74) is 1.70. The van der Waals surface area contributed by atoms with Crippen molar-refractivity contribution in [2.45, 2.75) is 32.1 Å². The summed E-state index contributed by atoms with van der Waals surface area (Å²) in [5.74, 6) is 1.57. The van der Waals surface area contributed by atoms with E-state index in [1.54, 1.807) is 0 Å². The van der Waals surface area contributed by atoms with Gasteiger partial charge in [0.1, 0.15) is 0 Å². The van der Waals surface area contributed by atoms with E-state index in [1.165, 1.54) is 7.11 Å². The second kappa shape index (κ2) is 7.57. The predicted molar refractivity (Wildman–Crippen MR) is 88.9 cm³/mol. The van der Waals surface area contributed by atoms with Crippen molar-refractivity contribution in [1.29, 1.82) is 0 Å². The van der Waals surface area contributed by atoms with Gasteiger partial charge in [-0.15, -0.1) is 0 Å². The van der Waals surface area contributed by atoms with E-state index in [2.05, 4.69) is 15.0 Å². The fraction of sp³-hybridized carbons (Fsp3) is 0.500. The number of piperidine rings is 1. The van der Waals surface area contributed by atoms with Crippen LogP contribution in [0.3, 0.4) is 0 Å². The first-order valence-electron chi connectivity index (χ1n) is 8.36. The first-order chi connectivity index (χ1) is 11.7. The van der Waals surface area contributed by atoms with Gasteiger partial charge >= 0.3 is 5.97 Å². The van der Waals surface area contributed by atoms with Gasteiger partial charge in [-0.2, -0.15) is 4.98 Å². The second-order valence-corrected chi connectivity index (χ2v) is 6.19. The van der Waals surface area contributed by atoms with E-state index in [1.807, 2.05) is 31.2 Å². The van der Waals surface area contributed by atoms with Gasteiger partial charge in [-0.1, -0.05) is 23.4 Å². The van der Waals surface area contributed by atoms with Gasteiger partial charge in [0.05, 0.1) is 12.7 Å². The third kappa shape index (κ3) is 3.82. The van der Waals surface area contributed by atoms with Gasteiger partial charge in [0.25, 0.3) is 0 Å². The quantitative estimate of drug-likeness (QED) is 0.785. The molecular formula is C18H23N3O3. The first kappa shape index (κ1) is 16.6. The molecule has 6 heteroatoms. The molecule has 2 heterocycles. The molecule has 1 aliphatic heterocycles. The molecule has 1 saturated heterocycles. The third-order valence-electron chi connectivity index (χ3n) is 4.60. The average Bonchev–Trinajstić information content (AvgIpc) is 3.06. The van der Waals surface area contributed by atoms with Crippen molar-refractivity contribution in [3.8, 4) is 0 Å². The number of carbonyl (C=O) groups excluding carboxylic acids is 1. The largest absolute Gasteiger partial charge is 0.465 e. The predicted octanol–water partition coefficient (Wildman–Crippen LogP) is 2.59. The van der Waals surface area contributed by atoms with Gasteiger partial charge in [0.2, 0.25) is 5.89 Å². The maximum absolute atomic E-state index is 11.8. The van der Waals surface area contributed by atoms with Crippen LogP contribution < -0.4 is 0 Å². The van der Waals surface area contributed by atoms with Crippen LogP contribution in [0.4, 0.5) is 0 Å². The normalized spacial score (nSPS) is 16.2. The van der Waals surface area contributed by atoms with E-state index < -0.39 is 0 Å². The zero-order chi connectivity index (χ0) is 16.9.